The summed E-state index contributed by atoms with van der Waals surface area (Å²) in [4.78, 5) is 0. The summed E-state index contributed by atoms with van der Waals surface area (Å²) in [7, 11) is 0. The van der Waals surface area contributed by atoms with Gasteiger partial charge in [0.05, 0.1) is 0 Å². The number of unbranched alkanes of at least 4 members (excludes halogenated alkanes) is 3. The van der Waals surface area contributed by atoms with Gasteiger partial charge in [-0.25, -0.2) is 0 Å². The average molecular weight is 509 g/mol. The molecule has 0 aliphatic heterocycles. The fourth-order valence-corrected chi connectivity index (χ4v) is 5.05. The second-order valence-corrected chi connectivity index (χ2v) is 10.0. The fraction of sp³-hybridized carbons (Fsp3) is 0.294. The van der Waals surface area contributed by atoms with Gasteiger partial charge in [-0.2, -0.15) is 0 Å². The molecule has 0 amide bonds. The van der Waals surface area contributed by atoms with Gasteiger partial charge in [-0.1, -0.05) is 70.2 Å². The second kappa shape index (κ2) is 13.0. The molecule has 0 bridgehead atoms. The van der Waals surface area contributed by atoms with E-state index in [2.05, 4.69) is 62.4 Å². The Bertz CT molecular complexity index is 1160. The van der Waals surface area contributed by atoms with Crippen molar-refractivity contribution in [2.24, 2.45) is 0 Å². The molecule has 4 rings (SSSR count). The van der Waals surface area contributed by atoms with E-state index in [1.165, 1.54) is 36.8 Å². The summed E-state index contributed by atoms with van der Waals surface area (Å²) in [6, 6.07) is 32.3. The van der Waals surface area contributed by atoms with Gasteiger partial charge in [0.15, 0.2) is 0 Å². The van der Waals surface area contributed by atoms with Gasteiger partial charge < -0.3 is 20.9 Å². The number of hydrogen-bond donors (Lipinski definition) is 2. The van der Waals surface area contributed by atoms with Gasteiger partial charge >= 0.3 is 0 Å². The lowest BCUT2D eigenvalue weighted by atomic mass is 9.68. The fourth-order valence-electron chi connectivity index (χ4n) is 5.05. The summed E-state index contributed by atoms with van der Waals surface area (Å²) in [5, 5.41) is 0. The molecule has 0 saturated carbocycles. The van der Waals surface area contributed by atoms with Crippen LogP contribution in [0, 0.1) is 0 Å². The number of benzene rings is 4. The first-order valence-electron chi connectivity index (χ1n) is 13.8. The van der Waals surface area contributed by atoms with Crippen molar-refractivity contribution in [2.45, 2.75) is 64.2 Å². The van der Waals surface area contributed by atoms with Crippen molar-refractivity contribution in [1.29, 1.82) is 0 Å². The lowest BCUT2D eigenvalue weighted by Gasteiger charge is -2.36. The third-order valence-electron chi connectivity index (χ3n) is 7.21. The molecule has 4 heteroatoms. The van der Waals surface area contributed by atoms with E-state index < -0.39 is 0 Å². The molecule has 0 saturated heterocycles. The van der Waals surface area contributed by atoms with E-state index in [0.717, 1.165) is 53.6 Å². The monoisotopic (exact) mass is 508 g/mol. The van der Waals surface area contributed by atoms with Gasteiger partial charge in [-0.15, -0.1) is 0 Å². The van der Waals surface area contributed by atoms with Gasteiger partial charge in [0.1, 0.15) is 23.0 Å². The molecule has 38 heavy (non-hydrogen) atoms. The maximum Gasteiger partial charge on any atom is 0.127 e. The summed E-state index contributed by atoms with van der Waals surface area (Å²) in [5.74, 6) is 3.21. The van der Waals surface area contributed by atoms with E-state index in [-0.39, 0.29) is 5.41 Å². The summed E-state index contributed by atoms with van der Waals surface area (Å²) >= 11 is 0. The molecule has 198 valence electrons. The third kappa shape index (κ3) is 6.89. The first-order valence-corrected chi connectivity index (χ1v) is 13.8. The Kier molecular flexibility index (Phi) is 9.31. The largest absolute Gasteiger partial charge is 0.457 e. The lowest BCUT2D eigenvalue weighted by Crippen LogP contribution is -2.28. The van der Waals surface area contributed by atoms with Gasteiger partial charge in [-0.05, 0) is 96.8 Å². The van der Waals surface area contributed by atoms with Crippen LogP contribution in [0.3, 0.4) is 0 Å². The summed E-state index contributed by atoms with van der Waals surface area (Å²) in [5.41, 5.74) is 15.7. The van der Waals surface area contributed by atoms with Crippen molar-refractivity contribution in [2.75, 3.05) is 11.5 Å². The summed E-state index contributed by atoms with van der Waals surface area (Å²) in [6.45, 7) is 4.53. The number of hydrogen-bond acceptors (Lipinski definition) is 4. The van der Waals surface area contributed by atoms with Crippen LogP contribution < -0.4 is 20.9 Å². The van der Waals surface area contributed by atoms with E-state index in [9.17, 15) is 0 Å². The second-order valence-electron chi connectivity index (χ2n) is 10.0. The Morgan fingerprint density at radius 2 is 0.816 bits per heavy atom. The Labute approximate surface area is 227 Å². The van der Waals surface area contributed by atoms with E-state index in [1.54, 1.807) is 0 Å². The molecule has 4 aromatic carbocycles. The quantitative estimate of drug-likeness (QED) is 0.139. The van der Waals surface area contributed by atoms with Crippen LogP contribution in [0.1, 0.15) is 69.9 Å². The van der Waals surface area contributed by atoms with Crippen molar-refractivity contribution in [3.63, 3.8) is 0 Å². The molecule has 0 spiro atoms. The maximum absolute atomic E-state index is 6.09. The van der Waals surface area contributed by atoms with Crippen LogP contribution in [0.15, 0.2) is 97.1 Å². The van der Waals surface area contributed by atoms with Crippen molar-refractivity contribution >= 4 is 11.4 Å². The summed E-state index contributed by atoms with van der Waals surface area (Å²) < 4.78 is 12.2. The highest BCUT2D eigenvalue weighted by Crippen LogP contribution is 2.43. The van der Waals surface area contributed by atoms with Crippen LogP contribution in [0.4, 0.5) is 11.4 Å². The predicted molar refractivity (Wildman–Crippen MR) is 159 cm³/mol. The standard InChI is InChI=1S/C34H40N2O2/c1-3-5-7-25-34(24-6-4-2,26-8-16-30(17-9-26)37-32-20-12-28(35)13-21-32)27-10-18-31(19-11-27)38-33-22-14-29(36)15-23-33/h8-23H,3-7,24-25,35-36H2,1-2H3. The normalized spacial score (nSPS) is 11.3. The molecule has 0 aliphatic carbocycles. The molecule has 0 heterocycles. The number of anilines is 2. The predicted octanol–water partition coefficient (Wildman–Crippen LogP) is 9.49. The molecule has 4 nitrogen and oxygen atoms in total. The van der Waals surface area contributed by atoms with Gasteiger partial charge in [0.25, 0.3) is 0 Å². The smallest absolute Gasteiger partial charge is 0.127 e. The van der Waals surface area contributed by atoms with Gasteiger partial charge in [0, 0.05) is 16.8 Å². The minimum absolute atomic E-state index is 0.0648. The first-order chi connectivity index (χ1) is 18.5. The molecule has 0 radical (unpaired) electrons. The maximum atomic E-state index is 6.09. The Morgan fingerprint density at radius 1 is 0.474 bits per heavy atom. The first kappa shape index (κ1) is 27.1. The SMILES string of the molecule is CCCCCC(CCCC)(c1ccc(Oc2ccc(N)cc2)cc1)c1ccc(Oc2ccc(N)cc2)cc1. The van der Waals surface area contributed by atoms with Crippen LogP contribution in [-0.4, -0.2) is 0 Å². The van der Waals surface area contributed by atoms with Crippen LogP contribution in [0.5, 0.6) is 23.0 Å². The Balaban J connectivity index is 1.63. The number of ether oxygens (including phenoxy) is 2. The molecule has 0 aliphatic rings. The highest BCUT2D eigenvalue weighted by atomic mass is 16.5. The van der Waals surface area contributed by atoms with E-state index >= 15 is 0 Å². The van der Waals surface area contributed by atoms with E-state index in [4.69, 9.17) is 20.9 Å². The van der Waals surface area contributed by atoms with Crippen molar-refractivity contribution in [1.82, 2.24) is 0 Å². The zero-order valence-electron chi connectivity index (χ0n) is 22.7. The van der Waals surface area contributed by atoms with Crippen molar-refractivity contribution in [3.8, 4) is 23.0 Å². The topological polar surface area (TPSA) is 70.5 Å². The minimum Gasteiger partial charge on any atom is -0.457 e. The highest BCUT2D eigenvalue weighted by molar-refractivity contribution is 5.47. The van der Waals surface area contributed by atoms with Crippen LogP contribution in [-0.2, 0) is 5.41 Å². The van der Waals surface area contributed by atoms with Gasteiger partial charge in [-0.3, -0.25) is 0 Å². The molecule has 4 N–H and O–H groups in total. The highest BCUT2D eigenvalue weighted by Gasteiger charge is 2.33. The summed E-state index contributed by atoms with van der Waals surface area (Å²) in [6.07, 6.45) is 8.15. The number of rotatable bonds is 13. The van der Waals surface area contributed by atoms with Crippen molar-refractivity contribution in [3.05, 3.63) is 108 Å². The molecular weight excluding hydrogens is 468 g/mol. The van der Waals surface area contributed by atoms with Crippen molar-refractivity contribution < 1.29 is 9.47 Å². The number of nitrogen functional groups attached to an aromatic ring is 2. The lowest BCUT2D eigenvalue weighted by molar-refractivity contribution is 0.399. The molecule has 0 aromatic heterocycles. The Morgan fingerprint density at radius 3 is 1.18 bits per heavy atom. The molecule has 0 atom stereocenters. The number of nitrogens with two attached hydrogens (primary N) is 2. The third-order valence-corrected chi connectivity index (χ3v) is 7.21. The molecule has 0 unspecified atom stereocenters. The average Bonchev–Trinajstić information content (AvgIpc) is 2.94. The minimum atomic E-state index is -0.0648. The van der Waals surface area contributed by atoms with Gasteiger partial charge in [0.2, 0.25) is 0 Å². The van der Waals surface area contributed by atoms with Crippen LogP contribution in [0.25, 0.3) is 0 Å². The van der Waals surface area contributed by atoms with Crippen LogP contribution in [0.2, 0.25) is 0 Å². The van der Waals surface area contributed by atoms with E-state index in [0.29, 0.717) is 0 Å². The molecule has 0 fully saturated rings. The zero-order chi connectivity index (χ0) is 26.8. The molecule has 4 aromatic rings. The molecular formula is C34H40N2O2. The van der Waals surface area contributed by atoms with E-state index in [1.807, 2.05) is 48.5 Å². The van der Waals surface area contributed by atoms with Crippen LogP contribution >= 0.6 is 0 Å². The Hall–Kier alpha value is -3.92. The zero-order valence-corrected chi connectivity index (χ0v) is 22.7.